The van der Waals surface area contributed by atoms with E-state index in [4.69, 9.17) is 4.42 Å². The Morgan fingerprint density at radius 1 is 1.30 bits per heavy atom. The van der Waals surface area contributed by atoms with Crippen molar-refractivity contribution in [2.75, 3.05) is 0 Å². The van der Waals surface area contributed by atoms with Crippen LogP contribution in [-0.2, 0) is 13.0 Å². The lowest BCUT2D eigenvalue weighted by Gasteiger charge is -2.11. The summed E-state index contributed by atoms with van der Waals surface area (Å²) >= 11 is 0. The van der Waals surface area contributed by atoms with Crippen molar-refractivity contribution in [2.24, 2.45) is 0 Å². The molecule has 1 N–H and O–H groups in total. The van der Waals surface area contributed by atoms with Crippen LogP contribution in [0.3, 0.4) is 0 Å². The first-order valence-corrected chi connectivity index (χ1v) is 6.99. The first-order chi connectivity index (χ1) is 9.81. The number of hydrogen-bond acceptors (Lipinski definition) is 3. The van der Waals surface area contributed by atoms with Crippen molar-refractivity contribution in [3.63, 3.8) is 0 Å². The molecular weight excluding hydrogens is 250 g/mol. The molecule has 0 aliphatic heterocycles. The highest BCUT2D eigenvalue weighted by Crippen LogP contribution is 2.07. The summed E-state index contributed by atoms with van der Waals surface area (Å²) in [5.74, 6) is 1.05. The van der Waals surface area contributed by atoms with Crippen molar-refractivity contribution < 1.29 is 4.42 Å². The zero-order chi connectivity index (χ0) is 13.8. The van der Waals surface area contributed by atoms with Gasteiger partial charge in [-0.1, -0.05) is 6.07 Å². The third kappa shape index (κ3) is 3.08. The Balaban J connectivity index is 1.50. The number of fused-ring (bicyclic) bond motifs is 1. The van der Waals surface area contributed by atoms with Gasteiger partial charge in [0.1, 0.15) is 11.4 Å². The Bertz CT molecular complexity index is 624. The standard InChI is InChI=1S/C16H19N3O/c1-13(7-8-15-5-4-10-20-15)17-11-14-12-19-9-3-2-6-16(19)18-14/h2-6,9-10,12-13,17H,7-8,11H2,1H3. The van der Waals surface area contributed by atoms with Gasteiger partial charge in [-0.3, -0.25) is 0 Å². The van der Waals surface area contributed by atoms with Crippen molar-refractivity contribution in [3.8, 4) is 0 Å². The van der Waals surface area contributed by atoms with Crippen LogP contribution in [0.1, 0.15) is 24.8 Å². The van der Waals surface area contributed by atoms with Crippen LogP contribution in [0.2, 0.25) is 0 Å². The molecule has 3 aromatic rings. The maximum absolute atomic E-state index is 5.34. The molecule has 0 aliphatic rings. The molecule has 3 heterocycles. The van der Waals surface area contributed by atoms with E-state index >= 15 is 0 Å². The summed E-state index contributed by atoms with van der Waals surface area (Å²) < 4.78 is 7.39. The fourth-order valence-electron chi connectivity index (χ4n) is 2.27. The van der Waals surface area contributed by atoms with Gasteiger partial charge >= 0.3 is 0 Å². The van der Waals surface area contributed by atoms with Crippen LogP contribution < -0.4 is 5.32 Å². The molecule has 0 fully saturated rings. The molecule has 0 radical (unpaired) electrons. The zero-order valence-corrected chi connectivity index (χ0v) is 11.6. The molecule has 1 unspecified atom stereocenters. The average Bonchev–Trinajstić information content (AvgIpc) is 3.11. The summed E-state index contributed by atoms with van der Waals surface area (Å²) in [6.45, 7) is 2.99. The van der Waals surface area contributed by atoms with E-state index in [1.54, 1.807) is 6.26 Å². The monoisotopic (exact) mass is 269 g/mol. The predicted molar refractivity (Wildman–Crippen MR) is 78.5 cm³/mol. The molecule has 0 saturated carbocycles. The van der Waals surface area contributed by atoms with Gasteiger partial charge in [0.15, 0.2) is 0 Å². The van der Waals surface area contributed by atoms with Crippen LogP contribution in [0.15, 0.2) is 53.4 Å². The number of rotatable bonds is 6. The maximum atomic E-state index is 5.34. The molecule has 3 aromatic heterocycles. The number of nitrogens with zero attached hydrogens (tertiary/aromatic N) is 2. The summed E-state index contributed by atoms with van der Waals surface area (Å²) in [7, 11) is 0. The second kappa shape index (κ2) is 5.92. The number of furan rings is 1. The van der Waals surface area contributed by atoms with E-state index in [2.05, 4.69) is 23.4 Å². The Kier molecular flexibility index (Phi) is 3.83. The summed E-state index contributed by atoms with van der Waals surface area (Å²) in [5, 5.41) is 3.50. The highest BCUT2D eigenvalue weighted by Gasteiger charge is 2.06. The molecule has 0 spiro atoms. The molecule has 20 heavy (non-hydrogen) atoms. The molecular formula is C16H19N3O. The first kappa shape index (κ1) is 12.9. The number of pyridine rings is 1. The normalized spacial score (nSPS) is 12.8. The second-order valence-electron chi connectivity index (χ2n) is 5.10. The van der Waals surface area contributed by atoms with Gasteiger partial charge in [-0.2, -0.15) is 0 Å². The van der Waals surface area contributed by atoms with Gasteiger partial charge in [-0.05, 0) is 37.6 Å². The first-order valence-electron chi connectivity index (χ1n) is 6.99. The van der Waals surface area contributed by atoms with E-state index < -0.39 is 0 Å². The van der Waals surface area contributed by atoms with Gasteiger partial charge < -0.3 is 14.1 Å². The van der Waals surface area contributed by atoms with E-state index in [0.29, 0.717) is 6.04 Å². The minimum Gasteiger partial charge on any atom is -0.469 e. The SMILES string of the molecule is CC(CCc1ccco1)NCc1cn2ccccc2n1. The highest BCUT2D eigenvalue weighted by atomic mass is 16.3. The molecule has 4 nitrogen and oxygen atoms in total. The number of hydrogen-bond donors (Lipinski definition) is 1. The van der Waals surface area contributed by atoms with Gasteiger partial charge in [0.05, 0.1) is 12.0 Å². The van der Waals surface area contributed by atoms with E-state index in [0.717, 1.165) is 36.5 Å². The molecule has 1 atom stereocenters. The van der Waals surface area contributed by atoms with Gasteiger partial charge in [0.2, 0.25) is 0 Å². The summed E-state index contributed by atoms with van der Waals surface area (Å²) in [4.78, 5) is 4.58. The second-order valence-corrected chi connectivity index (χ2v) is 5.10. The topological polar surface area (TPSA) is 42.5 Å². The van der Waals surface area contributed by atoms with E-state index in [1.807, 2.05) is 40.9 Å². The Labute approximate surface area is 118 Å². The van der Waals surface area contributed by atoms with Crippen molar-refractivity contribution in [3.05, 3.63) is 60.4 Å². The minimum absolute atomic E-state index is 0.435. The van der Waals surface area contributed by atoms with Crippen LogP contribution in [0, 0.1) is 0 Å². The zero-order valence-electron chi connectivity index (χ0n) is 11.6. The summed E-state index contributed by atoms with van der Waals surface area (Å²) in [6, 6.07) is 10.4. The lowest BCUT2D eigenvalue weighted by molar-refractivity contribution is 0.458. The van der Waals surface area contributed by atoms with Crippen molar-refractivity contribution in [1.29, 1.82) is 0 Å². The van der Waals surface area contributed by atoms with E-state index in [-0.39, 0.29) is 0 Å². The molecule has 0 bridgehead atoms. The smallest absolute Gasteiger partial charge is 0.137 e. The Morgan fingerprint density at radius 2 is 2.25 bits per heavy atom. The molecule has 4 heteroatoms. The molecule has 0 aromatic carbocycles. The molecule has 104 valence electrons. The van der Waals surface area contributed by atoms with Crippen molar-refractivity contribution in [1.82, 2.24) is 14.7 Å². The summed E-state index contributed by atoms with van der Waals surface area (Å²) in [5.41, 5.74) is 2.06. The minimum atomic E-state index is 0.435. The van der Waals surface area contributed by atoms with E-state index in [1.165, 1.54) is 0 Å². The maximum Gasteiger partial charge on any atom is 0.137 e. The fourth-order valence-corrected chi connectivity index (χ4v) is 2.27. The van der Waals surface area contributed by atoms with Crippen molar-refractivity contribution >= 4 is 5.65 Å². The highest BCUT2D eigenvalue weighted by molar-refractivity contribution is 5.39. The fraction of sp³-hybridized carbons (Fsp3) is 0.312. The van der Waals surface area contributed by atoms with Gasteiger partial charge in [-0.25, -0.2) is 4.98 Å². The van der Waals surface area contributed by atoms with Crippen LogP contribution >= 0.6 is 0 Å². The van der Waals surface area contributed by atoms with Crippen LogP contribution in [-0.4, -0.2) is 15.4 Å². The molecule has 3 rings (SSSR count). The molecule has 0 saturated heterocycles. The van der Waals surface area contributed by atoms with Gasteiger partial charge in [-0.15, -0.1) is 0 Å². The average molecular weight is 269 g/mol. The number of aryl methyl sites for hydroxylation is 1. The number of imidazole rings is 1. The quantitative estimate of drug-likeness (QED) is 0.748. The van der Waals surface area contributed by atoms with Crippen LogP contribution in [0.5, 0.6) is 0 Å². The van der Waals surface area contributed by atoms with E-state index in [9.17, 15) is 0 Å². The Hall–Kier alpha value is -2.07. The largest absolute Gasteiger partial charge is 0.469 e. The third-order valence-corrected chi connectivity index (χ3v) is 3.45. The van der Waals surface area contributed by atoms with Gasteiger partial charge in [0, 0.05) is 31.4 Å². The summed E-state index contributed by atoms with van der Waals surface area (Å²) in [6.07, 6.45) is 7.84. The molecule has 0 amide bonds. The lowest BCUT2D eigenvalue weighted by atomic mass is 10.1. The Morgan fingerprint density at radius 3 is 3.05 bits per heavy atom. The third-order valence-electron chi connectivity index (χ3n) is 3.45. The van der Waals surface area contributed by atoms with Gasteiger partial charge in [0.25, 0.3) is 0 Å². The predicted octanol–water partition coefficient (Wildman–Crippen LogP) is 3.04. The number of aromatic nitrogens is 2. The molecule has 0 aliphatic carbocycles. The van der Waals surface area contributed by atoms with Crippen molar-refractivity contribution in [2.45, 2.75) is 32.4 Å². The lowest BCUT2D eigenvalue weighted by Crippen LogP contribution is -2.26. The number of nitrogens with one attached hydrogen (secondary N) is 1. The van der Waals surface area contributed by atoms with Crippen LogP contribution in [0.4, 0.5) is 0 Å². The van der Waals surface area contributed by atoms with Crippen LogP contribution in [0.25, 0.3) is 5.65 Å².